The van der Waals surface area contributed by atoms with Crippen molar-refractivity contribution in [2.45, 2.75) is 98.5 Å². The van der Waals surface area contributed by atoms with E-state index in [4.69, 9.17) is 23.9 Å². The summed E-state index contributed by atoms with van der Waals surface area (Å²) in [7, 11) is 1.82. The van der Waals surface area contributed by atoms with E-state index in [-0.39, 0.29) is 25.1 Å². The first-order valence-electron chi connectivity index (χ1n) is 16.5. The second kappa shape index (κ2) is 18.7. The lowest BCUT2D eigenvalue weighted by Gasteiger charge is -2.24. The minimum Gasteiger partial charge on any atom is -0.479 e. The quantitative estimate of drug-likeness (QED) is 0.115. The van der Waals surface area contributed by atoms with Gasteiger partial charge in [-0.1, -0.05) is 40.0 Å². The van der Waals surface area contributed by atoms with Crippen LogP contribution in [0.4, 0.5) is 5.69 Å². The molecule has 1 aromatic carbocycles. The highest BCUT2D eigenvalue weighted by molar-refractivity contribution is 5.94. The molecule has 3 aromatic rings. The number of esters is 2. The van der Waals surface area contributed by atoms with E-state index in [1.165, 1.54) is 0 Å². The van der Waals surface area contributed by atoms with E-state index in [2.05, 4.69) is 17.0 Å². The highest BCUT2D eigenvalue weighted by Crippen LogP contribution is 2.27. The van der Waals surface area contributed by atoms with E-state index in [1.54, 1.807) is 47.7 Å². The van der Waals surface area contributed by atoms with Crippen molar-refractivity contribution in [1.82, 2.24) is 19.7 Å². The first-order chi connectivity index (χ1) is 22.3. The number of unbranched alkanes of at least 4 members (excludes halogenated alkanes) is 2. The minimum absolute atomic E-state index is 0.219. The van der Waals surface area contributed by atoms with Gasteiger partial charge in [-0.2, -0.15) is 10.1 Å². The number of nitrogens with zero attached hydrogens (tertiary/aromatic N) is 5. The number of carbonyl (C=O) groups excluding carboxylic acids is 3. The molecule has 0 aliphatic carbocycles. The van der Waals surface area contributed by atoms with Crippen LogP contribution in [0, 0.1) is 0 Å². The lowest BCUT2D eigenvalue weighted by Crippen LogP contribution is -2.36. The summed E-state index contributed by atoms with van der Waals surface area (Å²) in [5.74, 6) is 0.581. The fraction of sp³-hybridized carbons (Fsp3) is 0.588. The van der Waals surface area contributed by atoms with Crippen LogP contribution in [0.1, 0.15) is 91.1 Å². The predicted octanol–water partition coefficient (Wildman–Crippen LogP) is 5.52. The Morgan fingerprint density at radius 1 is 0.913 bits per heavy atom. The van der Waals surface area contributed by atoms with Crippen LogP contribution < -0.4 is 14.4 Å². The topological polar surface area (TPSA) is 135 Å². The van der Waals surface area contributed by atoms with Crippen LogP contribution in [0.2, 0.25) is 0 Å². The number of anilines is 1. The van der Waals surface area contributed by atoms with Gasteiger partial charge in [0.1, 0.15) is 22.6 Å². The Kier molecular flexibility index (Phi) is 14.7. The number of aryl methyl sites for hydroxylation is 3. The van der Waals surface area contributed by atoms with Crippen LogP contribution in [-0.2, 0) is 43.7 Å². The molecular weight excluding hydrogens is 590 g/mol. The zero-order chi connectivity index (χ0) is 33.5. The van der Waals surface area contributed by atoms with Gasteiger partial charge >= 0.3 is 11.9 Å². The summed E-state index contributed by atoms with van der Waals surface area (Å²) >= 11 is 0. The summed E-state index contributed by atoms with van der Waals surface area (Å²) in [6.07, 6.45) is 5.31. The van der Waals surface area contributed by atoms with Crippen LogP contribution >= 0.6 is 0 Å². The lowest BCUT2D eigenvalue weighted by atomic mass is 10.1. The number of hydrogen-bond donors (Lipinski definition) is 0. The predicted molar refractivity (Wildman–Crippen MR) is 175 cm³/mol. The van der Waals surface area contributed by atoms with Gasteiger partial charge in [0.15, 0.2) is 12.7 Å². The van der Waals surface area contributed by atoms with Crippen molar-refractivity contribution in [2.75, 3.05) is 31.3 Å². The number of aromatic nitrogens is 4. The molecular formula is C34H49N5O7. The minimum atomic E-state index is -0.705. The molecule has 2 aromatic heterocycles. The highest BCUT2D eigenvalue weighted by Gasteiger charge is 2.23. The fourth-order valence-corrected chi connectivity index (χ4v) is 5.06. The van der Waals surface area contributed by atoms with E-state index in [9.17, 15) is 14.4 Å². The summed E-state index contributed by atoms with van der Waals surface area (Å²) in [5, 5.41) is 4.63. The number of ether oxygens (including phenoxy) is 4. The smallest absolute Gasteiger partial charge is 0.347 e. The molecule has 12 heteroatoms. The SMILES string of the molecule is CCCc1nn(C)c2c(OCC(=O)N(CCCCCC(=O)OCC)c3ccc(OC(CCC)C(=O)OCC)cc3)nc(CC)nc12. The van der Waals surface area contributed by atoms with E-state index >= 15 is 0 Å². The molecule has 46 heavy (non-hydrogen) atoms. The number of fused-ring (bicyclic) bond motifs is 1. The van der Waals surface area contributed by atoms with Crippen molar-refractivity contribution in [1.29, 1.82) is 0 Å². The van der Waals surface area contributed by atoms with Gasteiger partial charge in [0, 0.05) is 32.1 Å². The van der Waals surface area contributed by atoms with Crippen molar-refractivity contribution in [3.8, 4) is 11.6 Å². The number of rotatable bonds is 20. The van der Waals surface area contributed by atoms with Gasteiger partial charge in [0.2, 0.25) is 5.88 Å². The maximum absolute atomic E-state index is 13.7. The zero-order valence-electron chi connectivity index (χ0n) is 28.2. The van der Waals surface area contributed by atoms with Crippen molar-refractivity contribution in [3.63, 3.8) is 0 Å². The molecule has 0 saturated carbocycles. The van der Waals surface area contributed by atoms with E-state index in [0.29, 0.717) is 73.9 Å². The molecule has 0 saturated heterocycles. The Bertz CT molecular complexity index is 1420. The Labute approximate surface area is 271 Å². The van der Waals surface area contributed by atoms with Crippen molar-refractivity contribution in [2.24, 2.45) is 7.05 Å². The molecule has 0 spiro atoms. The zero-order valence-corrected chi connectivity index (χ0v) is 28.2. The summed E-state index contributed by atoms with van der Waals surface area (Å²) in [6, 6.07) is 7.06. The molecule has 0 fully saturated rings. The normalized spacial score (nSPS) is 11.7. The average Bonchev–Trinajstić information content (AvgIpc) is 3.36. The highest BCUT2D eigenvalue weighted by atomic mass is 16.6. The van der Waals surface area contributed by atoms with Crippen molar-refractivity contribution in [3.05, 3.63) is 35.8 Å². The maximum atomic E-state index is 13.7. The summed E-state index contributed by atoms with van der Waals surface area (Å²) < 4.78 is 23.9. The summed E-state index contributed by atoms with van der Waals surface area (Å²) in [5.41, 5.74) is 2.94. The van der Waals surface area contributed by atoms with Gasteiger partial charge < -0.3 is 23.8 Å². The molecule has 1 atom stereocenters. The van der Waals surface area contributed by atoms with Crippen LogP contribution in [0.25, 0.3) is 11.0 Å². The molecule has 2 heterocycles. The molecule has 0 radical (unpaired) electrons. The first-order valence-corrected chi connectivity index (χ1v) is 16.5. The molecule has 0 N–H and O–H groups in total. The van der Waals surface area contributed by atoms with Crippen LogP contribution in [0.3, 0.4) is 0 Å². The second-order valence-electron chi connectivity index (χ2n) is 10.9. The van der Waals surface area contributed by atoms with Crippen LogP contribution in [-0.4, -0.2) is 70.1 Å². The number of carbonyl (C=O) groups is 3. The van der Waals surface area contributed by atoms with Gasteiger partial charge in [-0.25, -0.2) is 9.78 Å². The Morgan fingerprint density at radius 3 is 2.30 bits per heavy atom. The molecule has 1 unspecified atom stereocenters. The van der Waals surface area contributed by atoms with Crippen molar-refractivity contribution < 1.29 is 33.3 Å². The number of amides is 1. The Morgan fingerprint density at radius 2 is 1.65 bits per heavy atom. The van der Waals surface area contributed by atoms with Gasteiger partial charge in [-0.3, -0.25) is 14.3 Å². The maximum Gasteiger partial charge on any atom is 0.347 e. The second-order valence-corrected chi connectivity index (χ2v) is 10.9. The summed E-state index contributed by atoms with van der Waals surface area (Å²) in [4.78, 5) is 48.8. The number of benzene rings is 1. The third-order valence-electron chi connectivity index (χ3n) is 7.30. The van der Waals surface area contributed by atoms with Gasteiger partial charge in [0.25, 0.3) is 5.91 Å². The third-order valence-corrected chi connectivity index (χ3v) is 7.30. The molecule has 0 aliphatic heterocycles. The number of hydrogen-bond acceptors (Lipinski definition) is 10. The van der Waals surface area contributed by atoms with Crippen LogP contribution in [0.15, 0.2) is 24.3 Å². The molecule has 0 aliphatic rings. The fourth-order valence-electron chi connectivity index (χ4n) is 5.06. The first kappa shape index (κ1) is 36.3. The average molecular weight is 640 g/mol. The molecule has 1 amide bonds. The van der Waals surface area contributed by atoms with Gasteiger partial charge in [-0.15, -0.1) is 0 Å². The Hall–Kier alpha value is -4.22. The van der Waals surface area contributed by atoms with E-state index in [0.717, 1.165) is 36.9 Å². The monoisotopic (exact) mass is 639 g/mol. The van der Waals surface area contributed by atoms with E-state index in [1.807, 2.05) is 20.9 Å². The standard InChI is InChI=1S/C34H49N5O7/c1-7-15-26-31-32(38(6)37-26)33(36-28(9-3)35-31)45-23-29(40)39(22-14-12-13-17-30(41)43-10-4)24-18-20-25(21-19-24)46-27(16-8-2)34(42)44-11-5/h18-21,27H,7-17,22-23H2,1-6H3. The van der Waals surface area contributed by atoms with Crippen LogP contribution in [0.5, 0.6) is 11.6 Å². The molecule has 252 valence electrons. The molecule has 3 rings (SSSR count). The van der Waals surface area contributed by atoms with Gasteiger partial charge in [0.05, 0.1) is 18.9 Å². The Balaban J connectivity index is 1.80. The third kappa shape index (κ3) is 10.1. The van der Waals surface area contributed by atoms with E-state index < -0.39 is 12.1 Å². The molecule has 0 bridgehead atoms. The largest absolute Gasteiger partial charge is 0.479 e. The lowest BCUT2D eigenvalue weighted by molar-refractivity contribution is -0.151. The summed E-state index contributed by atoms with van der Waals surface area (Å²) in [6.45, 7) is 10.4. The van der Waals surface area contributed by atoms with Gasteiger partial charge in [-0.05, 0) is 63.8 Å². The van der Waals surface area contributed by atoms with Crippen molar-refractivity contribution >= 4 is 34.6 Å². The molecule has 12 nitrogen and oxygen atoms in total.